The molecule has 0 saturated heterocycles. The van der Waals surface area contributed by atoms with Crippen LogP contribution in [0.5, 0.6) is 0 Å². The first-order valence-electron chi connectivity index (χ1n) is 20.6. The summed E-state index contributed by atoms with van der Waals surface area (Å²) in [5.74, 6) is -0.163. The molecule has 0 atom stereocenters. The van der Waals surface area contributed by atoms with Gasteiger partial charge in [-0.15, -0.1) is 0 Å². The lowest BCUT2D eigenvalue weighted by molar-refractivity contribution is 0.670. The maximum absolute atomic E-state index is 8.83. The van der Waals surface area contributed by atoms with Gasteiger partial charge in [0, 0.05) is 33.0 Å². The summed E-state index contributed by atoms with van der Waals surface area (Å²) in [5.41, 5.74) is 0.270. The summed E-state index contributed by atoms with van der Waals surface area (Å²) in [5, 5.41) is 0.528. The fourth-order valence-corrected chi connectivity index (χ4v) is 4.91. The van der Waals surface area contributed by atoms with E-state index in [4.69, 9.17) is 30.0 Å². The van der Waals surface area contributed by atoms with Crippen molar-refractivity contribution in [1.29, 1.82) is 0 Å². The van der Waals surface area contributed by atoms with Crippen LogP contribution in [0.25, 0.3) is 78.4 Å². The van der Waals surface area contributed by atoms with E-state index in [-0.39, 0.29) is 67.4 Å². The molecule has 0 amide bonds. The molecular weight excluding hydrogens is 526 g/mol. The number of nitrogens with zero attached hydrogens (tertiary/aromatic N) is 3. The molecule has 0 unspecified atom stereocenters. The Balaban J connectivity index is 1.53. The van der Waals surface area contributed by atoms with Crippen LogP contribution in [-0.4, -0.2) is 15.0 Å². The molecule has 0 fully saturated rings. The largest absolute Gasteiger partial charge is 0.455 e. The molecule has 0 bridgehead atoms. The van der Waals surface area contributed by atoms with Crippen LogP contribution >= 0.6 is 0 Å². The van der Waals surface area contributed by atoms with E-state index in [2.05, 4.69) is 9.97 Å². The maximum atomic E-state index is 8.83. The first kappa shape index (κ1) is 13.9. The number of benzene rings is 6. The van der Waals surface area contributed by atoms with Crippen LogP contribution < -0.4 is 0 Å². The van der Waals surface area contributed by atoms with Crippen molar-refractivity contribution in [2.75, 3.05) is 0 Å². The lowest BCUT2D eigenvalue weighted by Gasteiger charge is -2.10. The number of fused-ring (bicyclic) bond motifs is 3. The average Bonchev–Trinajstić information content (AvgIpc) is 3.61. The molecule has 6 aromatic carbocycles. The van der Waals surface area contributed by atoms with E-state index in [1.807, 2.05) is 0 Å². The van der Waals surface area contributed by atoms with Gasteiger partial charge in [0.2, 0.25) is 0 Å². The number of rotatable bonds is 5. The average molecular weight is 567 g/mol. The van der Waals surface area contributed by atoms with Crippen LogP contribution in [-0.2, 0) is 0 Å². The molecule has 0 radical (unpaired) electrons. The smallest absolute Gasteiger partial charge is 0.164 e. The van der Waals surface area contributed by atoms with Crippen molar-refractivity contribution in [2.45, 2.75) is 0 Å². The SMILES string of the molecule is [2H]c1c([2H])c([2H])c(-c2cc(-c3c([2H])c([2H])c([2H])c([2H])c3[2H])c3oc4cccc(-c5nc(-c6ccccc6)nc(-c6c([2H])c([2H])c([2H])c([2H])c6[2H])n5)c4c3c2)c([2H])c1[2H]. The van der Waals surface area contributed by atoms with Crippen molar-refractivity contribution in [3.05, 3.63) is 151 Å². The highest BCUT2D eigenvalue weighted by Crippen LogP contribution is 2.42. The summed E-state index contributed by atoms with van der Waals surface area (Å²) in [6.45, 7) is 0. The Hall–Kier alpha value is -5.87. The predicted molar refractivity (Wildman–Crippen MR) is 174 cm³/mol. The van der Waals surface area contributed by atoms with Crippen molar-refractivity contribution >= 4 is 21.9 Å². The van der Waals surface area contributed by atoms with Crippen molar-refractivity contribution in [2.24, 2.45) is 0 Å². The number of aromatic nitrogens is 3. The standard InChI is InChI=1S/C39H25N3O/c1-5-14-26(15-6-1)30-24-32(27-16-7-2-8-17-27)36-33(25-30)35-31(22-13-23-34(35)43-36)39-41-37(28-18-9-3-10-19-28)40-38(42-39)29-20-11-4-12-21-29/h1-25H/i1D,2D,3D,5D,6D,7D,8D,9D,10D,14D,15D,16D,17D,18D,19D. The monoisotopic (exact) mass is 566 g/mol. The first-order valence-corrected chi connectivity index (χ1v) is 13.1. The number of furan rings is 1. The molecule has 0 spiro atoms. The Morgan fingerprint density at radius 2 is 1.07 bits per heavy atom. The van der Waals surface area contributed by atoms with Crippen molar-refractivity contribution in [3.8, 4) is 56.4 Å². The van der Waals surface area contributed by atoms with Gasteiger partial charge < -0.3 is 4.42 Å². The van der Waals surface area contributed by atoms with E-state index in [0.29, 0.717) is 10.9 Å². The lowest BCUT2D eigenvalue weighted by atomic mass is 9.95. The molecular formula is C39H25N3O. The second kappa shape index (κ2) is 10.5. The van der Waals surface area contributed by atoms with Gasteiger partial charge in [0.05, 0.1) is 20.6 Å². The third kappa shape index (κ3) is 4.55. The van der Waals surface area contributed by atoms with Crippen LogP contribution in [0.1, 0.15) is 20.6 Å². The van der Waals surface area contributed by atoms with E-state index in [9.17, 15) is 0 Å². The molecule has 43 heavy (non-hydrogen) atoms. The Morgan fingerprint density at radius 3 is 1.77 bits per heavy atom. The molecule has 0 aliphatic heterocycles. The normalized spacial score (nSPS) is 16.1. The summed E-state index contributed by atoms with van der Waals surface area (Å²) in [4.78, 5) is 14.0. The van der Waals surface area contributed by atoms with Crippen LogP contribution in [0.2, 0.25) is 0 Å². The topological polar surface area (TPSA) is 51.8 Å². The van der Waals surface area contributed by atoms with Crippen molar-refractivity contribution < 1.29 is 25.0 Å². The molecule has 0 aliphatic rings. The third-order valence-electron chi connectivity index (χ3n) is 6.79. The highest BCUT2D eigenvalue weighted by atomic mass is 16.3. The van der Waals surface area contributed by atoms with Gasteiger partial charge in [-0.3, -0.25) is 0 Å². The summed E-state index contributed by atoms with van der Waals surface area (Å²) >= 11 is 0. The maximum Gasteiger partial charge on any atom is 0.164 e. The van der Waals surface area contributed by atoms with Crippen molar-refractivity contribution in [1.82, 2.24) is 15.0 Å². The zero-order valence-corrected chi connectivity index (χ0v) is 22.0. The first-order chi connectivity index (χ1) is 27.5. The molecule has 8 rings (SSSR count). The van der Waals surface area contributed by atoms with Gasteiger partial charge in [0.25, 0.3) is 0 Å². The van der Waals surface area contributed by atoms with Gasteiger partial charge in [-0.05, 0) is 34.9 Å². The van der Waals surface area contributed by atoms with Gasteiger partial charge in [-0.1, -0.05) is 133 Å². The molecule has 202 valence electrons. The predicted octanol–water partition coefficient (Wildman–Crippen LogP) is 10.1. The Morgan fingerprint density at radius 1 is 0.465 bits per heavy atom. The summed E-state index contributed by atoms with van der Waals surface area (Å²) in [7, 11) is 0. The van der Waals surface area contributed by atoms with Gasteiger partial charge >= 0.3 is 0 Å². The summed E-state index contributed by atoms with van der Waals surface area (Å²) < 4.78 is 134. The third-order valence-corrected chi connectivity index (χ3v) is 6.79. The Labute approximate surface area is 270 Å². The molecule has 8 aromatic rings. The minimum Gasteiger partial charge on any atom is -0.455 e. The van der Waals surface area contributed by atoms with E-state index < -0.39 is 90.6 Å². The van der Waals surface area contributed by atoms with Crippen LogP contribution in [0.3, 0.4) is 0 Å². The molecule has 4 nitrogen and oxygen atoms in total. The van der Waals surface area contributed by atoms with Crippen LogP contribution in [0, 0.1) is 0 Å². The van der Waals surface area contributed by atoms with Gasteiger partial charge in [-0.2, -0.15) is 0 Å². The number of hydrogen-bond acceptors (Lipinski definition) is 4. The zero-order chi connectivity index (χ0) is 41.6. The van der Waals surface area contributed by atoms with E-state index >= 15 is 0 Å². The molecule has 4 heteroatoms. The second-order valence-electron chi connectivity index (χ2n) is 9.35. The lowest BCUT2D eigenvalue weighted by Crippen LogP contribution is -2.00. The quantitative estimate of drug-likeness (QED) is 0.208. The Bertz CT molecular complexity index is 2990. The van der Waals surface area contributed by atoms with Gasteiger partial charge in [0.15, 0.2) is 17.5 Å². The highest BCUT2D eigenvalue weighted by Gasteiger charge is 2.20. The van der Waals surface area contributed by atoms with Crippen LogP contribution in [0.15, 0.2) is 156 Å². The molecule has 0 aliphatic carbocycles. The summed E-state index contributed by atoms with van der Waals surface area (Å²) in [6.07, 6.45) is 0. The van der Waals surface area contributed by atoms with E-state index in [1.54, 1.807) is 48.5 Å². The molecule has 2 heterocycles. The summed E-state index contributed by atoms with van der Waals surface area (Å²) in [6, 6.07) is 7.58. The number of hydrogen-bond donors (Lipinski definition) is 0. The highest BCUT2D eigenvalue weighted by molar-refractivity contribution is 6.16. The van der Waals surface area contributed by atoms with Crippen LogP contribution in [0.4, 0.5) is 0 Å². The Kier molecular flexibility index (Phi) is 3.39. The molecule has 0 N–H and O–H groups in total. The molecule has 2 aromatic heterocycles. The zero-order valence-electron chi connectivity index (χ0n) is 37.0. The van der Waals surface area contributed by atoms with E-state index in [0.717, 1.165) is 0 Å². The minimum absolute atomic E-state index is 0.0264. The second-order valence-corrected chi connectivity index (χ2v) is 9.35. The van der Waals surface area contributed by atoms with Gasteiger partial charge in [0.1, 0.15) is 11.2 Å². The van der Waals surface area contributed by atoms with Crippen molar-refractivity contribution in [3.63, 3.8) is 0 Å². The fourth-order valence-electron chi connectivity index (χ4n) is 4.91. The fraction of sp³-hybridized carbons (Fsp3) is 0. The minimum atomic E-state index is -0.636. The van der Waals surface area contributed by atoms with E-state index in [1.165, 1.54) is 12.1 Å². The van der Waals surface area contributed by atoms with Gasteiger partial charge in [-0.25, -0.2) is 15.0 Å². The molecule has 0 saturated carbocycles.